The maximum absolute atomic E-state index is 4.07. The van der Waals surface area contributed by atoms with E-state index in [1.165, 1.54) is 44.9 Å². The van der Waals surface area contributed by atoms with Crippen molar-refractivity contribution in [2.45, 2.75) is 84.7 Å². The maximum atomic E-state index is 4.07. The highest BCUT2D eigenvalue weighted by molar-refractivity contribution is 4.89. The molecule has 2 fully saturated rings. The Morgan fingerprint density at radius 2 is 1.50 bits per heavy atom. The van der Waals surface area contributed by atoms with Crippen LogP contribution in [-0.2, 0) is 0 Å². The van der Waals surface area contributed by atoms with Gasteiger partial charge in [0.1, 0.15) is 0 Å². The molecular formula is C17H33N. The van der Waals surface area contributed by atoms with Gasteiger partial charge in [-0.3, -0.25) is 0 Å². The van der Waals surface area contributed by atoms with E-state index in [0.29, 0.717) is 0 Å². The zero-order valence-electron chi connectivity index (χ0n) is 12.9. The minimum Gasteiger partial charge on any atom is -0.311 e. The Kier molecular flexibility index (Phi) is 5.12. The summed E-state index contributed by atoms with van der Waals surface area (Å²) >= 11 is 0. The molecule has 106 valence electrons. The molecule has 0 amide bonds. The largest absolute Gasteiger partial charge is 0.311 e. The molecule has 1 nitrogen and oxygen atoms in total. The molecule has 0 saturated heterocycles. The fraction of sp³-hybridized carbons (Fsp3) is 1.00. The number of nitrogens with one attached hydrogen (secondary N) is 1. The Morgan fingerprint density at radius 3 is 2.22 bits per heavy atom. The summed E-state index contributed by atoms with van der Waals surface area (Å²) in [7, 11) is 0. The number of hydrogen-bond acceptors (Lipinski definition) is 1. The highest BCUT2D eigenvalue weighted by Gasteiger charge is 2.33. The van der Waals surface area contributed by atoms with Crippen LogP contribution in [0.2, 0.25) is 0 Å². The molecule has 0 bridgehead atoms. The Balaban J connectivity index is 1.93. The molecule has 18 heavy (non-hydrogen) atoms. The molecule has 0 spiro atoms. The van der Waals surface area contributed by atoms with E-state index < -0.39 is 0 Å². The Morgan fingerprint density at radius 1 is 0.833 bits per heavy atom. The minimum atomic E-state index is 0.790. The van der Waals surface area contributed by atoms with E-state index in [2.05, 4.69) is 33.0 Å². The average molecular weight is 251 g/mol. The van der Waals surface area contributed by atoms with Crippen LogP contribution in [0, 0.1) is 23.7 Å². The maximum Gasteiger partial charge on any atom is 0.0100 e. The third kappa shape index (κ3) is 3.29. The molecule has 0 heterocycles. The third-order valence-corrected chi connectivity index (χ3v) is 5.81. The van der Waals surface area contributed by atoms with Crippen molar-refractivity contribution < 1.29 is 0 Å². The molecule has 1 heteroatoms. The molecule has 0 radical (unpaired) electrons. The predicted octanol–water partition coefficient (Wildman–Crippen LogP) is 4.62. The Labute approximate surface area is 114 Å². The van der Waals surface area contributed by atoms with Crippen molar-refractivity contribution in [2.24, 2.45) is 23.7 Å². The second-order valence-electron chi connectivity index (χ2n) is 7.34. The molecule has 0 aliphatic heterocycles. The Hall–Kier alpha value is -0.0400. The highest BCUT2D eigenvalue weighted by atomic mass is 15.0. The van der Waals surface area contributed by atoms with Crippen molar-refractivity contribution in [3.05, 3.63) is 0 Å². The molecule has 0 aromatic heterocycles. The standard InChI is InChI=1S/C17H33N/c1-12(2)15-9-5-6-10-17(15)18-16-11-7-8-13(3)14(16)4/h12-18H,5-11H2,1-4H3. The molecule has 0 aromatic carbocycles. The number of rotatable bonds is 3. The van der Waals surface area contributed by atoms with Crippen LogP contribution in [0.25, 0.3) is 0 Å². The van der Waals surface area contributed by atoms with Gasteiger partial charge < -0.3 is 5.32 Å². The molecular weight excluding hydrogens is 218 g/mol. The van der Waals surface area contributed by atoms with E-state index in [9.17, 15) is 0 Å². The van der Waals surface area contributed by atoms with E-state index in [1.54, 1.807) is 0 Å². The second kappa shape index (κ2) is 6.41. The predicted molar refractivity (Wildman–Crippen MR) is 79.7 cm³/mol. The van der Waals surface area contributed by atoms with Crippen molar-refractivity contribution in [2.75, 3.05) is 0 Å². The van der Waals surface area contributed by atoms with E-state index >= 15 is 0 Å². The lowest BCUT2D eigenvalue weighted by Gasteiger charge is -2.42. The van der Waals surface area contributed by atoms with E-state index in [4.69, 9.17) is 0 Å². The van der Waals surface area contributed by atoms with Crippen LogP contribution < -0.4 is 5.32 Å². The van der Waals surface area contributed by atoms with E-state index in [0.717, 1.165) is 35.8 Å². The van der Waals surface area contributed by atoms with Gasteiger partial charge in [-0.05, 0) is 42.9 Å². The molecule has 0 aromatic rings. The van der Waals surface area contributed by atoms with E-state index in [-0.39, 0.29) is 0 Å². The fourth-order valence-corrected chi connectivity index (χ4v) is 4.26. The molecule has 5 atom stereocenters. The summed E-state index contributed by atoms with van der Waals surface area (Å²) in [5.41, 5.74) is 0. The molecule has 2 saturated carbocycles. The van der Waals surface area contributed by atoms with E-state index in [1.807, 2.05) is 0 Å². The van der Waals surface area contributed by atoms with Gasteiger partial charge in [0.25, 0.3) is 0 Å². The molecule has 5 unspecified atom stereocenters. The third-order valence-electron chi connectivity index (χ3n) is 5.81. The topological polar surface area (TPSA) is 12.0 Å². The average Bonchev–Trinajstić information content (AvgIpc) is 2.35. The second-order valence-corrected chi connectivity index (χ2v) is 7.34. The quantitative estimate of drug-likeness (QED) is 0.772. The van der Waals surface area contributed by atoms with Gasteiger partial charge in [0, 0.05) is 12.1 Å². The van der Waals surface area contributed by atoms with Gasteiger partial charge in [-0.2, -0.15) is 0 Å². The summed E-state index contributed by atoms with van der Waals surface area (Å²) < 4.78 is 0. The van der Waals surface area contributed by atoms with Crippen molar-refractivity contribution in [1.82, 2.24) is 5.32 Å². The summed E-state index contributed by atoms with van der Waals surface area (Å²) in [6.07, 6.45) is 10.0. The van der Waals surface area contributed by atoms with Gasteiger partial charge in [0.2, 0.25) is 0 Å². The van der Waals surface area contributed by atoms with Crippen LogP contribution in [0.15, 0.2) is 0 Å². The lowest BCUT2D eigenvalue weighted by molar-refractivity contribution is 0.139. The fourth-order valence-electron chi connectivity index (χ4n) is 4.26. The van der Waals surface area contributed by atoms with Gasteiger partial charge in [-0.15, -0.1) is 0 Å². The zero-order valence-corrected chi connectivity index (χ0v) is 12.9. The van der Waals surface area contributed by atoms with Gasteiger partial charge in [0.05, 0.1) is 0 Å². The molecule has 2 rings (SSSR count). The van der Waals surface area contributed by atoms with Crippen molar-refractivity contribution in [3.63, 3.8) is 0 Å². The van der Waals surface area contributed by atoms with Crippen LogP contribution in [0.1, 0.15) is 72.6 Å². The zero-order chi connectivity index (χ0) is 13.1. The SMILES string of the molecule is CC(C)C1CCCCC1NC1CCCC(C)C1C. The van der Waals surface area contributed by atoms with Gasteiger partial charge >= 0.3 is 0 Å². The van der Waals surface area contributed by atoms with Gasteiger partial charge in [-0.1, -0.05) is 53.4 Å². The minimum absolute atomic E-state index is 0.790. The van der Waals surface area contributed by atoms with Crippen LogP contribution in [0.3, 0.4) is 0 Å². The highest BCUT2D eigenvalue weighted by Crippen LogP contribution is 2.34. The van der Waals surface area contributed by atoms with Crippen LogP contribution in [-0.4, -0.2) is 12.1 Å². The monoisotopic (exact) mass is 251 g/mol. The normalized spacial score (nSPS) is 42.2. The Bertz CT molecular complexity index is 248. The smallest absolute Gasteiger partial charge is 0.0100 e. The van der Waals surface area contributed by atoms with Gasteiger partial charge in [0.15, 0.2) is 0 Å². The first kappa shape index (κ1) is 14.4. The molecule has 2 aliphatic carbocycles. The lowest BCUT2D eigenvalue weighted by atomic mass is 9.74. The molecule has 2 aliphatic rings. The first-order valence-corrected chi connectivity index (χ1v) is 8.35. The van der Waals surface area contributed by atoms with Crippen molar-refractivity contribution in [3.8, 4) is 0 Å². The van der Waals surface area contributed by atoms with Gasteiger partial charge in [-0.25, -0.2) is 0 Å². The first-order chi connectivity index (χ1) is 8.59. The van der Waals surface area contributed by atoms with Crippen LogP contribution >= 0.6 is 0 Å². The first-order valence-electron chi connectivity index (χ1n) is 8.35. The van der Waals surface area contributed by atoms with Crippen molar-refractivity contribution in [1.29, 1.82) is 0 Å². The summed E-state index contributed by atoms with van der Waals surface area (Å²) in [6, 6.07) is 1.59. The van der Waals surface area contributed by atoms with Crippen LogP contribution in [0.4, 0.5) is 0 Å². The lowest BCUT2D eigenvalue weighted by Crippen LogP contribution is -2.50. The summed E-state index contributed by atoms with van der Waals surface area (Å²) in [5.74, 6) is 3.55. The summed E-state index contributed by atoms with van der Waals surface area (Å²) in [6.45, 7) is 9.74. The van der Waals surface area contributed by atoms with Crippen molar-refractivity contribution >= 4 is 0 Å². The summed E-state index contributed by atoms with van der Waals surface area (Å²) in [4.78, 5) is 0. The molecule has 1 N–H and O–H groups in total. The summed E-state index contributed by atoms with van der Waals surface area (Å²) in [5, 5.41) is 4.07. The number of hydrogen-bond donors (Lipinski definition) is 1. The van der Waals surface area contributed by atoms with Crippen LogP contribution in [0.5, 0.6) is 0 Å².